The summed E-state index contributed by atoms with van der Waals surface area (Å²) in [6.45, 7) is 5.77. The van der Waals surface area contributed by atoms with E-state index in [-0.39, 0.29) is 73.8 Å². The molecule has 0 unspecified atom stereocenters. The zero-order valence-electron chi connectivity index (χ0n) is 29.8. The first kappa shape index (κ1) is 44.7. The maximum Gasteiger partial charge on any atom is 0.295 e. The number of hydrogen-bond acceptors (Lipinski definition) is 7. The molecule has 53 heavy (non-hydrogen) atoms. The van der Waals surface area contributed by atoms with E-state index in [4.69, 9.17) is 0 Å². The first-order chi connectivity index (χ1) is 24.1. The van der Waals surface area contributed by atoms with Crippen molar-refractivity contribution in [3.8, 4) is 0 Å². The molecule has 11 nitrogen and oxygen atoms in total. The number of anilines is 1. The van der Waals surface area contributed by atoms with Crippen LogP contribution in [0.15, 0.2) is 142 Å². The molecule has 3 N–H and O–H groups in total. The standard InChI is InChI=1S/C37H36N2O9S3.2Na/c1-3-38(25-27-9-7-11-33(23-27)49(40,41)42)31-19-15-29(16-20-31)37(35-13-5-6-14-36(35)51(46,47)48)30-17-21-32(22-18-30)39(4-2)26-28-10-8-12-34(24-28)50(43,44)45;;/h5-24H,3-4,25-26H2,1-2H3,(H2-,40,41,42,43,44,45,46,47,48);;/p+1. The van der Waals surface area contributed by atoms with E-state index in [0.29, 0.717) is 59.6 Å². The van der Waals surface area contributed by atoms with Gasteiger partial charge in [-0.15, -0.1) is 0 Å². The van der Waals surface area contributed by atoms with Gasteiger partial charge in [0.2, 0.25) is 0 Å². The van der Waals surface area contributed by atoms with Crippen molar-refractivity contribution in [3.05, 3.63) is 149 Å². The molecule has 5 rings (SSSR count). The third-order valence-corrected chi connectivity index (χ3v) is 11.0. The Labute approximate surface area is 355 Å². The Hall–Kier alpha value is -2.70. The van der Waals surface area contributed by atoms with Crippen LogP contribution in [0.25, 0.3) is 5.57 Å². The van der Waals surface area contributed by atoms with Crippen molar-refractivity contribution in [2.45, 2.75) is 41.6 Å². The molecule has 0 heterocycles. The number of rotatable bonds is 12. The van der Waals surface area contributed by atoms with Crippen molar-refractivity contribution in [2.75, 3.05) is 18.0 Å². The molecule has 0 spiro atoms. The van der Waals surface area contributed by atoms with Crippen molar-refractivity contribution < 1.29 is 43.5 Å². The van der Waals surface area contributed by atoms with Crippen molar-refractivity contribution in [2.24, 2.45) is 0 Å². The molecule has 0 fully saturated rings. The summed E-state index contributed by atoms with van der Waals surface area (Å²) in [5, 5.41) is 0. The minimum Gasteiger partial charge on any atom is -0.367 e. The molecule has 16 heteroatoms. The largest absolute Gasteiger partial charge is 0.367 e. The molecule has 1 aliphatic carbocycles. The molecule has 0 atom stereocenters. The average Bonchev–Trinajstić information content (AvgIpc) is 3.10. The van der Waals surface area contributed by atoms with E-state index in [1.54, 1.807) is 36.4 Å². The van der Waals surface area contributed by atoms with E-state index < -0.39 is 30.4 Å². The van der Waals surface area contributed by atoms with Crippen LogP contribution in [0.1, 0.15) is 36.1 Å². The second-order valence-electron chi connectivity index (χ2n) is 11.7. The van der Waals surface area contributed by atoms with Crippen molar-refractivity contribution in [1.82, 2.24) is 0 Å². The zero-order chi connectivity index (χ0) is 37.0. The van der Waals surface area contributed by atoms with E-state index in [2.05, 4.69) is 0 Å². The first-order valence-corrected chi connectivity index (χ1v) is 20.2. The summed E-state index contributed by atoms with van der Waals surface area (Å²) in [6, 6.07) is 25.8. The summed E-state index contributed by atoms with van der Waals surface area (Å²) in [5.41, 5.74) is 5.16. The maximum absolute atomic E-state index is 12.5. The molecule has 0 amide bonds. The molecular weight excluding hydrogens is 759 g/mol. The Kier molecular flexibility index (Phi) is 15.8. The van der Waals surface area contributed by atoms with Gasteiger partial charge in [-0.2, -0.15) is 25.3 Å². The second-order valence-corrected chi connectivity index (χ2v) is 15.9. The topological polar surface area (TPSA) is 169 Å². The second kappa shape index (κ2) is 18.8. The van der Waals surface area contributed by atoms with Gasteiger partial charge in [0, 0.05) is 101 Å². The van der Waals surface area contributed by atoms with Crippen LogP contribution in [-0.4, -0.2) is 121 Å². The number of nitrogens with zero attached hydrogens (tertiary/aromatic N) is 2. The van der Waals surface area contributed by atoms with E-state index in [1.165, 1.54) is 36.4 Å². The van der Waals surface area contributed by atoms with Crippen LogP contribution in [0.3, 0.4) is 0 Å². The van der Waals surface area contributed by atoms with Crippen molar-refractivity contribution >= 4 is 106 Å². The van der Waals surface area contributed by atoms with Crippen LogP contribution < -0.4 is 4.90 Å². The van der Waals surface area contributed by atoms with Gasteiger partial charge < -0.3 is 4.90 Å². The summed E-state index contributed by atoms with van der Waals surface area (Å²) >= 11 is 0. The summed E-state index contributed by atoms with van der Waals surface area (Å²) < 4.78 is 103. The Bertz CT molecular complexity index is 2410. The predicted octanol–water partition coefficient (Wildman–Crippen LogP) is 5.29. The van der Waals surface area contributed by atoms with Gasteiger partial charge >= 0.3 is 0 Å². The Morgan fingerprint density at radius 2 is 1.19 bits per heavy atom. The van der Waals surface area contributed by atoms with Crippen LogP contribution >= 0.6 is 0 Å². The number of benzene rings is 4. The smallest absolute Gasteiger partial charge is 0.295 e. The molecule has 2 radical (unpaired) electrons. The quantitative estimate of drug-likeness (QED) is 0.0973. The van der Waals surface area contributed by atoms with Gasteiger partial charge in [-0.3, -0.25) is 13.7 Å². The van der Waals surface area contributed by atoms with Gasteiger partial charge in [0.1, 0.15) is 11.4 Å². The molecular formula is C37H37N2Na2O9S3+. The predicted molar refractivity (Wildman–Crippen MR) is 207 cm³/mol. The first-order valence-electron chi connectivity index (χ1n) is 15.9. The molecule has 0 saturated heterocycles. The summed E-state index contributed by atoms with van der Waals surface area (Å²) in [7, 11) is -13.3. The molecule has 0 aliphatic heterocycles. The van der Waals surface area contributed by atoms with Gasteiger partial charge in [0.25, 0.3) is 30.4 Å². The molecule has 4 aromatic rings. The molecule has 268 valence electrons. The van der Waals surface area contributed by atoms with Gasteiger partial charge in [0.05, 0.1) is 9.79 Å². The van der Waals surface area contributed by atoms with Crippen LogP contribution in [0.5, 0.6) is 0 Å². The number of allylic oxidation sites excluding steroid dienone is 5. The SMILES string of the molecule is CCN(Cc1cccc(S(=O)(=O)O)c1)c1ccc(C(=C2C=CC(=[N+](CC)Cc3cccc(S(=O)(=O)O)c3)C=C2)c2ccccc2S(=O)(=O)O)cc1.[Na].[Na]. The van der Waals surface area contributed by atoms with E-state index in [9.17, 15) is 38.9 Å². The van der Waals surface area contributed by atoms with Gasteiger partial charge in [-0.1, -0.05) is 54.6 Å². The number of hydrogen-bond donors (Lipinski definition) is 3. The van der Waals surface area contributed by atoms with Crippen molar-refractivity contribution in [1.29, 1.82) is 0 Å². The molecule has 0 saturated carbocycles. The Morgan fingerprint density at radius 1 is 0.642 bits per heavy atom. The van der Waals surface area contributed by atoms with Crippen LogP contribution in [-0.2, 0) is 43.4 Å². The Balaban J connectivity index is 0.00000378. The van der Waals surface area contributed by atoms with E-state index >= 15 is 0 Å². The van der Waals surface area contributed by atoms with Crippen LogP contribution in [0, 0.1) is 0 Å². The fourth-order valence-corrected chi connectivity index (χ4v) is 7.67. The van der Waals surface area contributed by atoms with Gasteiger partial charge in [0.15, 0.2) is 12.3 Å². The summed E-state index contributed by atoms with van der Waals surface area (Å²) in [5.74, 6) is 0. The van der Waals surface area contributed by atoms with Crippen LogP contribution in [0.4, 0.5) is 5.69 Å². The van der Waals surface area contributed by atoms with Gasteiger partial charge in [-0.05, 0) is 90.7 Å². The van der Waals surface area contributed by atoms with Gasteiger partial charge in [-0.25, -0.2) is 4.58 Å². The third kappa shape index (κ3) is 11.4. The van der Waals surface area contributed by atoms with Crippen LogP contribution in [0.2, 0.25) is 0 Å². The normalized spacial score (nSPS) is 12.8. The minimum absolute atomic E-state index is 0. The molecule has 1 aliphatic rings. The molecule has 4 aromatic carbocycles. The molecule has 0 aromatic heterocycles. The fourth-order valence-electron chi connectivity index (χ4n) is 5.87. The monoisotopic (exact) mass is 795 g/mol. The molecule has 0 bridgehead atoms. The maximum atomic E-state index is 12.5. The third-order valence-electron chi connectivity index (χ3n) is 8.38. The minimum atomic E-state index is -4.60. The Morgan fingerprint density at radius 3 is 1.72 bits per heavy atom. The van der Waals surface area contributed by atoms with Crippen molar-refractivity contribution in [3.63, 3.8) is 0 Å². The average molecular weight is 796 g/mol. The summed E-state index contributed by atoms with van der Waals surface area (Å²) in [6.07, 6.45) is 7.43. The van der Waals surface area contributed by atoms with E-state index in [1.807, 2.05) is 71.9 Å². The fraction of sp³-hybridized carbons (Fsp3) is 0.162. The van der Waals surface area contributed by atoms with E-state index in [0.717, 1.165) is 11.4 Å². The summed E-state index contributed by atoms with van der Waals surface area (Å²) in [4.78, 5) is 1.37. The zero-order valence-corrected chi connectivity index (χ0v) is 36.2.